The molecule has 1 saturated heterocycles. The van der Waals surface area contributed by atoms with Crippen LogP contribution in [0.3, 0.4) is 0 Å². The third kappa shape index (κ3) is 2.09. The van der Waals surface area contributed by atoms with Crippen molar-refractivity contribution in [3.8, 4) is 0 Å². The molecule has 0 unspecified atom stereocenters. The van der Waals surface area contributed by atoms with E-state index in [4.69, 9.17) is 4.74 Å². The van der Waals surface area contributed by atoms with Gasteiger partial charge in [-0.15, -0.1) is 0 Å². The van der Waals surface area contributed by atoms with Gasteiger partial charge in [0.15, 0.2) is 0 Å². The maximum absolute atomic E-state index is 11.4. The summed E-state index contributed by atoms with van der Waals surface area (Å²) in [7, 11) is 1.83. The zero-order valence-corrected chi connectivity index (χ0v) is 9.35. The van der Waals surface area contributed by atoms with E-state index < -0.39 is 11.4 Å². The molecule has 0 saturated carbocycles. The molecule has 0 radical (unpaired) electrons. The number of carbonyl (C=O) groups is 1. The van der Waals surface area contributed by atoms with Gasteiger partial charge in [0.05, 0.1) is 11.6 Å². The van der Waals surface area contributed by atoms with Gasteiger partial charge in [0.2, 0.25) is 0 Å². The lowest BCUT2D eigenvalue weighted by Crippen LogP contribution is -2.39. The van der Waals surface area contributed by atoms with Gasteiger partial charge in [-0.3, -0.25) is 9.48 Å². The van der Waals surface area contributed by atoms with Crippen molar-refractivity contribution in [3.05, 3.63) is 18.0 Å². The van der Waals surface area contributed by atoms with Gasteiger partial charge in [0.25, 0.3) is 0 Å². The summed E-state index contributed by atoms with van der Waals surface area (Å²) >= 11 is 0. The molecule has 0 aromatic carbocycles. The minimum absolute atomic E-state index is 0.534. The zero-order valence-electron chi connectivity index (χ0n) is 9.35. The molecule has 0 bridgehead atoms. The molecular weight excluding hydrogens is 208 g/mol. The highest BCUT2D eigenvalue weighted by atomic mass is 16.5. The standard InChI is InChI=1S/C11H16N2O3/c1-13-8-9(7-12-13)6-11(10(14)15)2-4-16-5-3-11/h7-8H,2-6H2,1H3,(H,14,15). The van der Waals surface area contributed by atoms with E-state index in [1.165, 1.54) is 0 Å². The number of ether oxygens (including phenoxy) is 1. The summed E-state index contributed by atoms with van der Waals surface area (Å²) in [5.74, 6) is -0.723. The number of rotatable bonds is 3. The number of nitrogens with zero attached hydrogens (tertiary/aromatic N) is 2. The first-order valence-electron chi connectivity index (χ1n) is 5.41. The molecule has 16 heavy (non-hydrogen) atoms. The fraction of sp³-hybridized carbons (Fsp3) is 0.636. The molecule has 1 aliphatic heterocycles. The molecule has 2 rings (SSSR count). The van der Waals surface area contributed by atoms with Crippen molar-refractivity contribution in [3.63, 3.8) is 0 Å². The van der Waals surface area contributed by atoms with Crippen molar-refractivity contribution in [1.82, 2.24) is 9.78 Å². The molecule has 1 aromatic rings. The normalized spacial score (nSPS) is 19.6. The predicted octanol–water partition coefficient (Wildman–Crippen LogP) is 0.844. The number of aliphatic carboxylic acids is 1. The molecule has 0 aliphatic carbocycles. The Hall–Kier alpha value is -1.36. The first-order chi connectivity index (χ1) is 7.62. The number of hydrogen-bond acceptors (Lipinski definition) is 3. The molecule has 5 heteroatoms. The number of carboxylic acids is 1. The third-order valence-corrected chi connectivity index (χ3v) is 3.20. The van der Waals surface area contributed by atoms with Gasteiger partial charge in [-0.05, 0) is 24.8 Å². The lowest BCUT2D eigenvalue weighted by Gasteiger charge is -2.32. The molecule has 0 amide bonds. The quantitative estimate of drug-likeness (QED) is 0.826. The van der Waals surface area contributed by atoms with Crippen molar-refractivity contribution < 1.29 is 14.6 Å². The van der Waals surface area contributed by atoms with Gasteiger partial charge in [-0.1, -0.05) is 0 Å². The summed E-state index contributed by atoms with van der Waals surface area (Å²) in [6.45, 7) is 1.07. The van der Waals surface area contributed by atoms with E-state index in [1.54, 1.807) is 10.9 Å². The van der Waals surface area contributed by atoms with Gasteiger partial charge in [0, 0.05) is 26.5 Å². The number of hydrogen-bond donors (Lipinski definition) is 1. The second-order valence-electron chi connectivity index (χ2n) is 4.40. The highest BCUT2D eigenvalue weighted by Gasteiger charge is 2.40. The molecule has 1 aromatic heterocycles. The van der Waals surface area contributed by atoms with E-state index in [9.17, 15) is 9.90 Å². The number of aromatic nitrogens is 2. The van der Waals surface area contributed by atoms with Crippen LogP contribution in [0, 0.1) is 5.41 Å². The second kappa shape index (κ2) is 4.25. The van der Waals surface area contributed by atoms with E-state index in [1.807, 2.05) is 13.2 Å². The average molecular weight is 224 g/mol. The van der Waals surface area contributed by atoms with Crippen LogP contribution in [0.5, 0.6) is 0 Å². The van der Waals surface area contributed by atoms with E-state index >= 15 is 0 Å². The number of aryl methyl sites for hydroxylation is 1. The summed E-state index contributed by atoms with van der Waals surface area (Å²) < 4.78 is 6.93. The molecule has 0 spiro atoms. The maximum Gasteiger partial charge on any atom is 0.310 e. The van der Waals surface area contributed by atoms with Gasteiger partial charge < -0.3 is 9.84 Å². The van der Waals surface area contributed by atoms with Crippen molar-refractivity contribution in [2.24, 2.45) is 12.5 Å². The van der Waals surface area contributed by atoms with Crippen LogP contribution >= 0.6 is 0 Å². The van der Waals surface area contributed by atoms with Crippen LogP contribution in [-0.4, -0.2) is 34.1 Å². The molecule has 88 valence electrons. The smallest absolute Gasteiger partial charge is 0.310 e. The molecule has 0 atom stereocenters. The van der Waals surface area contributed by atoms with E-state index in [-0.39, 0.29) is 0 Å². The monoisotopic (exact) mass is 224 g/mol. The second-order valence-corrected chi connectivity index (χ2v) is 4.40. The van der Waals surface area contributed by atoms with Crippen LogP contribution in [-0.2, 0) is 23.0 Å². The summed E-state index contributed by atoms with van der Waals surface area (Å²) in [6, 6.07) is 0. The van der Waals surface area contributed by atoms with Gasteiger partial charge in [0.1, 0.15) is 0 Å². The average Bonchev–Trinajstić information content (AvgIpc) is 2.65. The Kier molecular flexibility index (Phi) is 2.96. The molecular formula is C11H16N2O3. The number of carboxylic acid groups (broad SMARTS) is 1. The van der Waals surface area contributed by atoms with Crippen molar-refractivity contribution >= 4 is 5.97 Å². The molecule has 5 nitrogen and oxygen atoms in total. The fourth-order valence-corrected chi connectivity index (χ4v) is 2.18. The van der Waals surface area contributed by atoms with Crippen molar-refractivity contribution in [1.29, 1.82) is 0 Å². The Morgan fingerprint density at radius 2 is 2.31 bits per heavy atom. The van der Waals surface area contributed by atoms with Crippen molar-refractivity contribution in [2.45, 2.75) is 19.3 Å². The Morgan fingerprint density at radius 3 is 2.81 bits per heavy atom. The zero-order chi connectivity index (χ0) is 11.6. The van der Waals surface area contributed by atoms with Crippen LogP contribution in [0.25, 0.3) is 0 Å². The predicted molar refractivity (Wildman–Crippen MR) is 57.0 cm³/mol. The Morgan fingerprint density at radius 1 is 1.62 bits per heavy atom. The SMILES string of the molecule is Cn1cc(CC2(C(=O)O)CCOCC2)cn1. The van der Waals surface area contributed by atoms with Crippen LogP contribution in [0.2, 0.25) is 0 Å². The van der Waals surface area contributed by atoms with Crippen LogP contribution in [0.15, 0.2) is 12.4 Å². The maximum atomic E-state index is 11.4. The molecule has 1 N–H and O–H groups in total. The summed E-state index contributed by atoms with van der Waals surface area (Å²) in [5.41, 5.74) is 0.313. The van der Waals surface area contributed by atoms with Gasteiger partial charge >= 0.3 is 5.97 Å². The van der Waals surface area contributed by atoms with Gasteiger partial charge in [-0.25, -0.2) is 0 Å². The Bertz CT molecular complexity index is 380. The highest BCUT2D eigenvalue weighted by Crippen LogP contribution is 2.34. The van der Waals surface area contributed by atoms with E-state index in [0.717, 1.165) is 5.56 Å². The Balaban J connectivity index is 2.16. The van der Waals surface area contributed by atoms with E-state index in [0.29, 0.717) is 32.5 Å². The van der Waals surface area contributed by atoms with Crippen molar-refractivity contribution in [2.75, 3.05) is 13.2 Å². The minimum atomic E-state index is -0.723. The summed E-state index contributed by atoms with van der Waals surface area (Å²) in [5, 5.41) is 13.4. The summed E-state index contributed by atoms with van der Waals surface area (Å²) in [6.07, 6.45) is 5.31. The largest absolute Gasteiger partial charge is 0.481 e. The lowest BCUT2D eigenvalue weighted by atomic mass is 9.76. The highest BCUT2D eigenvalue weighted by molar-refractivity contribution is 5.75. The van der Waals surface area contributed by atoms with Crippen LogP contribution in [0.4, 0.5) is 0 Å². The summed E-state index contributed by atoms with van der Waals surface area (Å²) in [4.78, 5) is 11.4. The lowest BCUT2D eigenvalue weighted by molar-refractivity contribution is -0.154. The molecule has 1 fully saturated rings. The van der Waals surface area contributed by atoms with E-state index in [2.05, 4.69) is 5.10 Å². The van der Waals surface area contributed by atoms with Crippen LogP contribution in [0.1, 0.15) is 18.4 Å². The Labute approximate surface area is 94.0 Å². The molecule has 2 heterocycles. The minimum Gasteiger partial charge on any atom is -0.481 e. The van der Waals surface area contributed by atoms with Crippen LogP contribution < -0.4 is 0 Å². The molecule has 1 aliphatic rings. The topological polar surface area (TPSA) is 64.4 Å². The van der Waals surface area contributed by atoms with Gasteiger partial charge in [-0.2, -0.15) is 5.10 Å². The third-order valence-electron chi connectivity index (χ3n) is 3.20. The first kappa shape index (κ1) is 11.1. The fourth-order valence-electron chi connectivity index (χ4n) is 2.18. The first-order valence-corrected chi connectivity index (χ1v) is 5.41.